The first-order valence-corrected chi connectivity index (χ1v) is 37.9. The van der Waals surface area contributed by atoms with Crippen molar-refractivity contribution in [3.8, 4) is 50.2 Å². The summed E-state index contributed by atoms with van der Waals surface area (Å²) in [5.41, 5.74) is 35.8. The van der Waals surface area contributed by atoms with E-state index in [0.717, 1.165) is 17.1 Å². The summed E-state index contributed by atoms with van der Waals surface area (Å²) in [7, 11) is 0. The maximum atomic E-state index is 2.63. The predicted octanol–water partition coefficient (Wildman–Crippen LogP) is 25.4. The van der Waals surface area contributed by atoms with Crippen molar-refractivity contribution in [2.45, 2.75) is 207 Å². The van der Waals surface area contributed by atoms with Crippen LogP contribution in [0.3, 0.4) is 0 Å². The van der Waals surface area contributed by atoms with Crippen LogP contribution in [-0.2, 0) is 43.3 Å². The van der Waals surface area contributed by atoms with Crippen molar-refractivity contribution in [2.24, 2.45) is 0 Å². The van der Waals surface area contributed by atoms with Crippen LogP contribution in [0.25, 0.3) is 72.0 Å². The molecule has 0 spiro atoms. The molecule has 0 radical (unpaired) electrons. The minimum Gasteiger partial charge on any atom is -0.311 e. The molecule has 3 heterocycles. The average Bonchev–Trinajstić information content (AvgIpc) is 0.886. The molecule has 12 aromatic rings. The van der Waals surface area contributed by atoms with Gasteiger partial charge in [-0.1, -0.05) is 284 Å². The first kappa shape index (κ1) is 67.4. The van der Waals surface area contributed by atoms with Gasteiger partial charge in [-0.2, -0.15) is 0 Å². The topological polar surface area (TPSA) is 11.4 Å². The van der Waals surface area contributed by atoms with Gasteiger partial charge in [0.2, 0.25) is 0 Å². The molecule has 2 aliphatic heterocycles. The van der Waals surface area contributed by atoms with Crippen molar-refractivity contribution in [3.05, 3.63) is 263 Å². The Morgan fingerprint density at radius 3 is 0.902 bits per heavy atom. The summed E-state index contributed by atoms with van der Waals surface area (Å²) >= 11 is 0. The standard InChI is InChI=1S/C98H104BN3/c1-91(2,3)69-33-21-61(22-34-69)67-31-45-86-82(55-67)99-83-56-68(62-23-35-70(36-24-62)92(4,5)6)32-46-87(83)101(74-41-27-64(28-42-74)66-30-44-79-81(54-66)98(19,20)52-50-96(79,15)16)89-60-75(102-84-47-37-71(93(7,8)9)57-76(84)77-58-72(94(10,11)12)38-48-85(77)102)59-88(90(89)99)100(86)73-39-25-63(26-40-73)65-29-43-78-80(53-65)97(17,18)51-49-95(78,13)14/h21-48,53-60H,49-52H2,1-20H3. The number of rotatable bonds is 7. The maximum Gasteiger partial charge on any atom is 0.252 e. The highest BCUT2D eigenvalue weighted by Gasteiger charge is 2.45. The Kier molecular flexibility index (Phi) is 15.3. The van der Waals surface area contributed by atoms with E-state index in [0.29, 0.717) is 0 Å². The van der Waals surface area contributed by atoms with Crippen molar-refractivity contribution in [3.63, 3.8) is 0 Å². The minimum atomic E-state index is -0.157. The van der Waals surface area contributed by atoms with Crippen LogP contribution in [0.15, 0.2) is 218 Å². The molecule has 3 nitrogen and oxygen atoms in total. The third-order valence-electron chi connectivity index (χ3n) is 24.6. The Bertz CT molecular complexity index is 5020. The molecule has 0 bridgehead atoms. The molecule has 0 saturated heterocycles. The lowest BCUT2D eigenvalue weighted by atomic mass is 9.33. The molecular weight excluding hydrogens is 1230 g/mol. The minimum absolute atomic E-state index is 0.0270. The molecule has 2 aliphatic carbocycles. The summed E-state index contributed by atoms with van der Waals surface area (Å²) in [5.74, 6) is 0. The van der Waals surface area contributed by atoms with E-state index < -0.39 is 0 Å². The largest absolute Gasteiger partial charge is 0.311 e. The number of hydrogen-bond acceptors (Lipinski definition) is 2. The number of fused-ring (bicyclic) bond motifs is 9. The van der Waals surface area contributed by atoms with E-state index in [4.69, 9.17) is 0 Å². The number of nitrogens with zero attached hydrogens (tertiary/aromatic N) is 3. The molecule has 0 atom stereocenters. The summed E-state index contributed by atoms with van der Waals surface area (Å²) in [4.78, 5) is 5.26. The van der Waals surface area contributed by atoms with Gasteiger partial charge < -0.3 is 14.4 Å². The van der Waals surface area contributed by atoms with E-state index >= 15 is 0 Å². The molecule has 102 heavy (non-hydrogen) atoms. The van der Waals surface area contributed by atoms with Gasteiger partial charge in [-0.3, -0.25) is 0 Å². The number of aromatic nitrogens is 1. The van der Waals surface area contributed by atoms with Crippen molar-refractivity contribution in [1.29, 1.82) is 0 Å². The molecule has 4 aliphatic rings. The summed E-state index contributed by atoms with van der Waals surface area (Å²) in [6, 6.07) is 87.1. The monoisotopic (exact) mass is 1330 g/mol. The molecule has 0 amide bonds. The van der Waals surface area contributed by atoms with Gasteiger partial charge in [0.25, 0.3) is 6.71 Å². The van der Waals surface area contributed by atoms with Crippen LogP contribution in [0.4, 0.5) is 34.1 Å². The van der Waals surface area contributed by atoms with E-state index in [2.05, 4.69) is 371 Å². The fourth-order valence-electron chi connectivity index (χ4n) is 17.7. The third-order valence-corrected chi connectivity index (χ3v) is 24.6. The maximum absolute atomic E-state index is 2.63. The highest BCUT2D eigenvalue weighted by atomic mass is 15.2. The molecule has 0 unspecified atom stereocenters. The van der Waals surface area contributed by atoms with E-state index in [9.17, 15) is 0 Å². The van der Waals surface area contributed by atoms with E-state index in [1.54, 1.807) is 0 Å². The highest BCUT2D eigenvalue weighted by Crippen LogP contribution is 2.52. The smallest absolute Gasteiger partial charge is 0.252 e. The molecule has 514 valence electrons. The molecular formula is C98H104BN3. The molecule has 4 heteroatoms. The summed E-state index contributed by atoms with van der Waals surface area (Å²) in [6.07, 6.45) is 4.73. The van der Waals surface area contributed by atoms with Gasteiger partial charge in [-0.25, -0.2) is 0 Å². The molecule has 11 aromatic carbocycles. The second kappa shape index (κ2) is 23.2. The van der Waals surface area contributed by atoms with Crippen LogP contribution in [-0.4, -0.2) is 11.3 Å². The van der Waals surface area contributed by atoms with Crippen molar-refractivity contribution in [2.75, 3.05) is 9.80 Å². The van der Waals surface area contributed by atoms with Crippen LogP contribution in [0.5, 0.6) is 0 Å². The van der Waals surface area contributed by atoms with Gasteiger partial charge >= 0.3 is 0 Å². The van der Waals surface area contributed by atoms with Crippen LogP contribution < -0.4 is 26.2 Å². The quantitative estimate of drug-likeness (QED) is 0.147. The third kappa shape index (κ3) is 11.3. The molecule has 0 N–H and O–H groups in total. The molecule has 0 saturated carbocycles. The molecule has 0 fully saturated rings. The van der Waals surface area contributed by atoms with E-state index in [1.807, 2.05) is 0 Å². The fourth-order valence-corrected chi connectivity index (χ4v) is 17.7. The predicted molar refractivity (Wildman–Crippen MR) is 442 cm³/mol. The lowest BCUT2D eigenvalue weighted by Gasteiger charge is -2.45. The lowest BCUT2D eigenvalue weighted by molar-refractivity contribution is 0.332. The molecule has 16 rings (SSSR count). The lowest BCUT2D eigenvalue weighted by Crippen LogP contribution is -2.61. The van der Waals surface area contributed by atoms with Crippen LogP contribution in [0.1, 0.15) is 209 Å². The molecule has 1 aromatic heterocycles. The second-order valence-electron chi connectivity index (χ2n) is 37.7. The second-order valence-corrected chi connectivity index (χ2v) is 37.7. The average molecular weight is 1330 g/mol. The summed E-state index contributed by atoms with van der Waals surface area (Å²) < 4.78 is 2.59. The summed E-state index contributed by atoms with van der Waals surface area (Å²) in [6.45, 7) is 47.3. The van der Waals surface area contributed by atoms with E-state index in [-0.39, 0.29) is 50.0 Å². The number of hydrogen-bond donors (Lipinski definition) is 0. The van der Waals surface area contributed by atoms with Gasteiger partial charge in [0.1, 0.15) is 0 Å². The summed E-state index contributed by atoms with van der Waals surface area (Å²) in [5, 5.41) is 2.55. The Morgan fingerprint density at radius 1 is 0.265 bits per heavy atom. The zero-order valence-electron chi connectivity index (χ0n) is 64.5. The normalized spacial score (nSPS) is 16.5. The van der Waals surface area contributed by atoms with E-state index in [1.165, 1.54) is 176 Å². The first-order valence-electron chi connectivity index (χ1n) is 37.9. The SMILES string of the molecule is CC(C)(C)c1ccc(-c2ccc3c(c2)B2c4cc(-c5ccc(C(C)(C)C)cc5)ccc4N(c4ccc(-c5ccc6c(c5)C(C)(C)CCC6(C)C)cc4)c4cc(-n5c6ccc(C(C)(C)C)cc6c6cc(C(C)(C)C)ccc65)cc(c42)N3c2ccc(-c3ccc4c(c3)C(C)(C)CCC4(C)C)cc2)cc1. The van der Waals surface area contributed by atoms with Gasteiger partial charge in [0, 0.05) is 44.9 Å². The van der Waals surface area contributed by atoms with Crippen molar-refractivity contribution < 1.29 is 0 Å². The number of anilines is 6. The highest BCUT2D eigenvalue weighted by molar-refractivity contribution is 7.00. The van der Waals surface area contributed by atoms with Gasteiger partial charge in [0.15, 0.2) is 0 Å². The van der Waals surface area contributed by atoms with Gasteiger partial charge in [-0.15, -0.1) is 0 Å². The van der Waals surface area contributed by atoms with Crippen molar-refractivity contribution >= 4 is 79.0 Å². The Hall–Kier alpha value is -9.12. The Morgan fingerprint density at radius 2 is 0.559 bits per heavy atom. The van der Waals surface area contributed by atoms with Crippen LogP contribution in [0, 0.1) is 0 Å². The fraction of sp³-hybridized carbons (Fsp3) is 0.327. The van der Waals surface area contributed by atoms with Gasteiger partial charge in [-0.05, 0) is 247 Å². The zero-order valence-corrected chi connectivity index (χ0v) is 64.5. The number of benzene rings is 11. The zero-order chi connectivity index (χ0) is 71.9. The Balaban J connectivity index is 0.982. The van der Waals surface area contributed by atoms with Crippen LogP contribution in [0.2, 0.25) is 0 Å². The van der Waals surface area contributed by atoms with Crippen LogP contribution >= 0.6 is 0 Å². The van der Waals surface area contributed by atoms with Crippen molar-refractivity contribution in [1.82, 2.24) is 4.57 Å². The van der Waals surface area contributed by atoms with Gasteiger partial charge in [0.05, 0.1) is 16.7 Å². The first-order chi connectivity index (χ1) is 48.0. The Labute approximate surface area is 610 Å².